The first kappa shape index (κ1) is 23.0. The third-order valence-electron chi connectivity index (χ3n) is 6.27. The molecule has 31 heavy (non-hydrogen) atoms. The van der Waals surface area contributed by atoms with E-state index in [0.717, 1.165) is 4.90 Å². The van der Waals surface area contributed by atoms with Gasteiger partial charge in [0.1, 0.15) is 5.54 Å². The molecule has 2 heterocycles. The maximum Gasteiger partial charge on any atom is 0.326 e. The summed E-state index contributed by atoms with van der Waals surface area (Å²) in [6.45, 7) is 4.09. The lowest BCUT2D eigenvalue weighted by Crippen LogP contribution is -2.58. The number of imide groups is 1. The van der Waals surface area contributed by atoms with Crippen molar-refractivity contribution in [3.8, 4) is 0 Å². The second-order valence-corrected chi connectivity index (χ2v) is 8.22. The fourth-order valence-corrected chi connectivity index (χ4v) is 4.72. The van der Waals surface area contributed by atoms with Crippen molar-refractivity contribution in [1.29, 1.82) is 0 Å². The van der Waals surface area contributed by atoms with Crippen LogP contribution in [0.2, 0.25) is 5.02 Å². The zero-order valence-corrected chi connectivity index (χ0v) is 18.7. The number of nitrogens with zero attached hydrogens (tertiary/aromatic N) is 2. The van der Waals surface area contributed by atoms with E-state index in [4.69, 9.17) is 16.3 Å². The Morgan fingerprint density at radius 1 is 1.23 bits per heavy atom. The van der Waals surface area contributed by atoms with Crippen molar-refractivity contribution in [3.63, 3.8) is 0 Å². The molecule has 0 aliphatic carbocycles. The molecule has 2 aliphatic heterocycles. The number of rotatable bonds is 6. The second-order valence-electron chi connectivity index (χ2n) is 7.78. The smallest absolute Gasteiger partial charge is 0.326 e. The molecule has 2 saturated heterocycles. The van der Waals surface area contributed by atoms with E-state index in [-0.39, 0.29) is 24.9 Å². The van der Waals surface area contributed by atoms with Crippen molar-refractivity contribution in [3.05, 3.63) is 29.3 Å². The average molecular weight is 451 g/mol. The van der Waals surface area contributed by atoms with E-state index in [1.54, 1.807) is 31.2 Å². The number of anilines is 1. The maximum atomic E-state index is 12.9. The summed E-state index contributed by atoms with van der Waals surface area (Å²) in [7, 11) is 2.68. The zero-order valence-electron chi connectivity index (χ0n) is 18.0. The molecule has 9 nitrogen and oxygen atoms in total. The highest BCUT2D eigenvalue weighted by atomic mass is 35.5. The van der Waals surface area contributed by atoms with Crippen molar-refractivity contribution < 1.29 is 23.9 Å². The number of ether oxygens (including phenoxy) is 1. The maximum absolute atomic E-state index is 12.9. The first-order valence-electron chi connectivity index (χ1n) is 10.2. The molecule has 0 spiro atoms. The molecule has 0 radical (unpaired) electrons. The number of methoxy groups -OCH3 is 1. The molecule has 4 atom stereocenters. The number of urea groups is 1. The molecule has 2 fully saturated rings. The number of carbonyl (C=O) groups is 4. The van der Waals surface area contributed by atoms with Gasteiger partial charge in [0.05, 0.1) is 18.9 Å². The summed E-state index contributed by atoms with van der Waals surface area (Å²) in [5.74, 6) is -2.98. The number of fused-ring (bicyclic) bond motifs is 1. The van der Waals surface area contributed by atoms with Gasteiger partial charge in [-0.3, -0.25) is 24.6 Å². The number of benzene rings is 1. The predicted octanol–water partition coefficient (Wildman–Crippen LogP) is 1.72. The Morgan fingerprint density at radius 3 is 2.42 bits per heavy atom. The van der Waals surface area contributed by atoms with Crippen molar-refractivity contribution >= 4 is 41.1 Å². The Balaban J connectivity index is 1.85. The van der Waals surface area contributed by atoms with Gasteiger partial charge in [0.25, 0.3) is 0 Å². The summed E-state index contributed by atoms with van der Waals surface area (Å²) in [6, 6.07) is 5.76. The highest BCUT2D eigenvalue weighted by Crippen LogP contribution is 2.44. The molecule has 10 heteroatoms. The van der Waals surface area contributed by atoms with Crippen LogP contribution in [0.4, 0.5) is 10.5 Å². The molecule has 4 amide bonds. The quantitative estimate of drug-likeness (QED) is 0.504. The van der Waals surface area contributed by atoms with Crippen LogP contribution in [-0.4, -0.2) is 72.4 Å². The van der Waals surface area contributed by atoms with Crippen LogP contribution in [0.5, 0.6) is 0 Å². The van der Waals surface area contributed by atoms with Gasteiger partial charge in [-0.15, -0.1) is 0 Å². The molecule has 2 N–H and O–H groups in total. The summed E-state index contributed by atoms with van der Waals surface area (Å²) in [4.78, 5) is 53.9. The largest absolute Gasteiger partial charge is 0.468 e. The van der Waals surface area contributed by atoms with Gasteiger partial charge in [-0.05, 0) is 37.6 Å². The van der Waals surface area contributed by atoms with Crippen LogP contribution in [0.3, 0.4) is 0 Å². The van der Waals surface area contributed by atoms with Gasteiger partial charge >= 0.3 is 12.0 Å². The van der Waals surface area contributed by atoms with Crippen LogP contribution in [0, 0.1) is 11.8 Å². The number of hydrogen-bond acceptors (Lipinski definition) is 6. The highest BCUT2D eigenvalue weighted by Gasteiger charge is 2.67. The van der Waals surface area contributed by atoms with Gasteiger partial charge in [0.2, 0.25) is 11.8 Å². The third-order valence-corrected chi connectivity index (χ3v) is 6.52. The van der Waals surface area contributed by atoms with E-state index in [2.05, 4.69) is 10.6 Å². The van der Waals surface area contributed by atoms with E-state index in [1.807, 2.05) is 6.92 Å². The fraction of sp³-hybridized carbons (Fsp3) is 0.524. The van der Waals surface area contributed by atoms with Gasteiger partial charge in [-0.2, -0.15) is 0 Å². The molecule has 2 aliphatic rings. The standard InChI is InChI=1S/C21H27ClN4O5/c1-5-21(19(29)31-4)16-15(17(27)25(3)18(16)28)14(24-21)11-26(6-2)20(30)23-13-9-7-12(22)8-10-13/h7-10,14-16,24H,5-6,11H2,1-4H3,(H,23,30)/t14-,15+,16-,21-/m1/s1. The van der Waals surface area contributed by atoms with E-state index < -0.39 is 35.3 Å². The number of amides is 4. The van der Waals surface area contributed by atoms with Gasteiger partial charge in [-0.25, -0.2) is 4.79 Å². The minimum absolute atomic E-state index is 0.142. The van der Waals surface area contributed by atoms with Gasteiger partial charge in [0.15, 0.2) is 0 Å². The minimum Gasteiger partial charge on any atom is -0.468 e. The van der Waals surface area contributed by atoms with Crippen molar-refractivity contribution in [1.82, 2.24) is 15.1 Å². The first-order valence-corrected chi connectivity index (χ1v) is 10.6. The first-order chi connectivity index (χ1) is 14.7. The van der Waals surface area contributed by atoms with Crippen molar-refractivity contribution in [2.75, 3.05) is 32.6 Å². The molecule has 0 aromatic heterocycles. The monoisotopic (exact) mass is 450 g/mol. The molecule has 1 aromatic rings. The van der Waals surface area contributed by atoms with Crippen LogP contribution >= 0.6 is 11.6 Å². The topological polar surface area (TPSA) is 108 Å². The minimum atomic E-state index is -1.31. The van der Waals surface area contributed by atoms with E-state index >= 15 is 0 Å². The Labute approximate surface area is 186 Å². The predicted molar refractivity (Wildman–Crippen MR) is 114 cm³/mol. The van der Waals surface area contributed by atoms with Crippen LogP contribution in [0.1, 0.15) is 20.3 Å². The summed E-state index contributed by atoms with van der Waals surface area (Å²) in [5.41, 5.74) is -0.734. The SMILES string of the molecule is CCN(C[C@H]1N[C@@](CC)(C(=O)OC)[C@H]2C(=O)N(C)C(=O)[C@@H]12)C(=O)Nc1ccc(Cl)cc1. The Morgan fingerprint density at radius 2 is 1.87 bits per heavy atom. The number of likely N-dealkylation sites (N-methyl/N-ethyl adjacent to an activating group) is 1. The molecular weight excluding hydrogens is 424 g/mol. The summed E-state index contributed by atoms with van der Waals surface area (Å²) >= 11 is 5.89. The van der Waals surface area contributed by atoms with Crippen molar-refractivity contribution in [2.45, 2.75) is 31.8 Å². The Bertz CT molecular complexity index is 892. The van der Waals surface area contributed by atoms with E-state index in [9.17, 15) is 19.2 Å². The van der Waals surface area contributed by atoms with Gasteiger partial charge < -0.3 is 15.0 Å². The molecule has 0 unspecified atom stereocenters. The Kier molecular flexibility index (Phi) is 6.56. The number of halogens is 1. The normalized spacial score (nSPS) is 27.3. The number of hydrogen-bond donors (Lipinski definition) is 2. The van der Waals surface area contributed by atoms with Crippen LogP contribution in [-0.2, 0) is 19.1 Å². The Hall–Kier alpha value is -2.65. The molecule has 0 bridgehead atoms. The molecule has 1 aromatic carbocycles. The number of carbonyl (C=O) groups excluding carboxylic acids is 4. The zero-order chi connectivity index (χ0) is 22.9. The lowest BCUT2D eigenvalue weighted by Gasteiger charge is -2.32. The van der Waals surface area contributed by atoms with Gasteiger partial charge in [0, 0.05) is 36.9 Å². The molecule has 168 valence electrons. The molecular formula is C21H27ClN4O5. The number of likely N-dealkylation sites (tertiary alicyclic amines) is 1. The number of nitrogens with one attached hydrogen (secondary N) is 2. The van der Waals surface area contributed by atoms with E-state index in [1.165, 1.54) is 19.1 Å². The number of esters is 1. The second kappa shape index (κ2) is 8.84. The fourth-order valence-electron chi connectivity index (χ4n) is 4.59. The lowest BCUT2D eigenvalue weighted by molar-refractivity contribution is -0.154. The summed E-state index contributed by atoms with van der Waals surface area (Å²) in [6.07, 6.45) is 0.271. The summed E-state index contributed by atoms with van der Waals surface area (Å²) < 4.78 is 4.98. The average Bonchev–Trinajstić information content (AvgIpc) is 3.22. The lowest BCUT2D eigenvalue weighted by atomic mass is 9.78. The van der Waals surface area contributed by atoms with Crippen molar-refractivity contribution in [2.24, 2.45) is 11.8 Å². The molecule has 0 saturated carbocycles. The van der Waals surface area contributed by atoms with Crippen LogP contribution < -0.4 is 10.6 Å². The molecule has 3 rings (SSSR count). The van der Waals surface area contributed by atoms with Gasteiger partial charge in [-0.1, -0.05) is 18.5 Å². The van der Waals surface area contributed by atoms with Crippen LogP contribution in [0.15, 0.2) is 24.3 Å². The van der Waals surface area contributed by atoms with E-state index in [0.29, 0.717) is 17.3 Å². The third kappa shape index (κ3) is 3.87. The highest BCUT2D eigenvalue weighted by molar-refractivity contribution is 6.30. The summed E-state index contributed by atoms with van der Waals surface area (Å²) in [5, 5.41) is 6.55. The van der Waals surface area contributed by atoms with Crippen LogP contribution in [0.25, 0.3) is 0 Å².